The lowest BCUT2D eigenvalue weighted by molar-refractivity contribution is -0.467. The minimum Gasteiger partial charge on any atom is -0.398 e. The number of anilines is 1. The Hall–Kier alpha value is -2.24. The second kappa shape index (κ2) is 5.01. The Bertz CT molecular complexity index is 442. The molecule has 0 bridgehead atoms. The first kappa shape index (κ1) is 11.8. The van der Waals surface area contributed by atoms with Crippen LogP contribution in [-0.4, -0.2) is 23.0 Å². The van der Waals surface area contributed by atoms with Crippen molar-refractivity contribution in [2.45, 2.75) is 6.42 Å². The predicted octanol–water partition coefficient (Wildman–Crippen LogP) is 0.687. The lowest BCUT2D eigenvalue weighted by Gasteiger charge is -2.02. The molecule has 1 rings (SSSR count). The highest BCUT2D eigenvalue weighted by atomic mass is 16.6. The van der Waals surface area contributed by atoms with Crippen molar-refractivity contribution in [3.05, 3.63) is 39.9 Å². The molecule has 2 N–H and O–H groups in total. The van der Waals surface area contributed by atoms with Crippen LogP contribution in [0.3, 0.4) is 0 Å². The Balaban J connectivity index is 2.70. The van der Waals surface area contributed by atoms with Gasteiger partial charge in [0, 0.05) is 16.2 Å². The third-order valence-electron chi connectivity index (χ3n) is 1.92. The van der Waals surface area contributed by atoms with E-state index in [1.807, 2.05) is 0 Å². The molecule has 0 fully saturated rings. The number of nitrogen functional groups attached to an aromatic ring is 1. The lowest BCUT2D eigenvalue weighted by Crippen LogP contribution is -2.18. The Morgan fingerprint density at radius 2 is 1.94 bits per heavy atom. The van der Waals surface area contributed by atoms with Crippen molar-refractivity contribution in [1.29, 1.82) is 0 Å². The Kier molecular flexibility index (Phi) is 3.71. The van der Waals surface area contributed by atoms with E-state index in [1.165, 1.54) is 12.1 Å². The van der Waals surface area contributed by atoms with Crippen molar-refractivity contribution in [1.82, 2.24) is 0 Å². The molecule has 0 amide bonds. The van der Waals surface area contributed by atoms with E-state index in [0.717, 1.165) is 0 Å². The van der Waals surface area contributed by atoms with Gasteiger partial charge in [0.05, 0.1) is 6.42 Å². The zero-order valence-corrected chi connectivity index (χ0v) is 8.38. The third kappa shape index (κ3) is 3.16. The normalized spacial score (nSPS) is 9.75. The van der Waals surface area contributed by atoms with E-state index < -0.39 is 29.5 Å². The summed E-state index contributed by atoms with van der Waals surface area (Å²) in [7, 11) is 0. The standard InChI is InChI=1S/C10H10N2O4/c11-9-4-2-1-3-8(9)10(14)5-7(13)6-12(15)16/h1-4H,5-6,11H2. The average molecular weight is 222 g/mol. The number of para-hydroxylation sites is 1. The number of nitrogens with zero attached hydrogens (tertiary/aromatic N) is 1. The summed E-state index contributed by atoms with van der Waals surface area (Å²) in [6.07, 6.45) is -0.491. The van der Waals surface area contributed by atoms with Crippen molar-refractivity contribution >= 4 is 17.3 Å². The molecule has 0 saturated heterocycles. The maximum Gasteiger partial charge on any atom is 0.261 e. The highest BCUT2D eigenvalue weighted by Crippen LogP contribution is 2.12. The molecule has 6 nitrogen and oxygen atoms in total. The monoisotopic (exact) mass is 222 g/mol. The fourth-order valence-corrected chi connectivity index (χ4v) is 1.23. The highest BCUT2D eigenvalue weighted by Gasteiger charge is 2.17. The minimum absolute atomic E-state index is 0.221. The Labute approximate surface area is 91.2 Å². The lowest BCUT2D eigenvalue weighted by atomic mass is 10.0. The summed E-state index contributed by atoms with van der Waals surface area (Å²) in [5.41, 5.74) is 6.02. The number of rotatable bonds is 5. The first-order chi connectivity index (χ1) is 7.50. The zero-order valence-electron chi connectivity index (χ0n) is 8.38. The van der Waals surface area contributed by atoms with Gasteiger partial charge in [0.1, 0.15) is 0 Å². The van der Waals surface area contributed by atoms with E-state index in [9.17, 15) is 19.7 Å². The van der Waals surface area contributed by atoms with Crippen molar-refractivity contribution in [2.75, 3.05) is 12.3 Å². The maximum atomic E-state index is 11.5. The molecule has 0 atom stereocenters. The molecule has 1 aromatic rings. The number of carbonyl (C=O) groups excluding carboxylic acids is 2. The van der Waals surface area contributed by atoms with Crippen LogP contribution in [0.1, 0.15) is 16.8 Å². The minimum atomic E-state index is -0.835. The van der Waals surface area contributed by atoms with Crippen LogP contribution in [0.25, 0.3) is 0 Å². The quantitative estimate of drug-likeness (QED) is 0.259. The van der Waals surface area contributed by atoms with Gasteiger partial charge < -0.3 is 5.73 Å². The van der Waals surface area contributed by atoms with Crippen LogP contribution in [0.4, 0.5) is 5.69 Å². The van der Waals surface area contributed by atoms with E-state index in [-0.39, 0.29) is 11.3 Å². The smallest absolute Gasteiger partial charge is 0.261 e. The SMILES string of the molecule is Nc1ccccc1C(=O)CC(=O)C[N+](=O)[O-]. The summed E-state index contributed by atoms with van der Waals surface area (Å²) < 4.78 is 0. The number of nitrogens with two attached hydrogens (primary N) is 1. The van der Waals surface area contributed by atoms with Gasteiger partial charge in [-0.3, -0.25) is 19.7 Å². The van der Waals surface area contributed by atoms with Crippen LogP contribution < -0.4 is 5.73 Å². The summed E-state index contributed by atoms with van der Waals surface area (Å²) in [4.78, 5) is 31.9. The molecule has 0 radical (unpaired) electrons. The van der Waals surface area contributed by atoms with Crippen LogP contribution >= 0.6 is 0 Å². The first-order valence-electron chi connectivity index (χ1n) is 4.52. The van der Waals surface area contributed by atoms with E-state index in [0.29, 0.717) is 0 Å². The molecule has 0 heterocycles. The molecule has 0 aliphatic heterocycles. The van der Waals surface area contributed by atoms with Crippen molar-refractivity contribution in [2.24, 2.45) is 0 Å². The van der Waals surface area contributed by atoms with Gasteiger partial charge in [0.2, 0.25) is 5.78 Å². The highest BCUT2D eigenvalue weighted by molar-refractivity contribution is 6.10. The molecule has 1 aromatic carbocycles. The number of hydrogen-bond donors (Lipinski definition) is 1. The summed E-state index contributed by atoms with van der Waals surface area (Å²) in [5, 5.41) is 10.0. The molecule has 0 aromatic heterocycles. The van der Waals surface area contributed by atoms with Gasteiger partial charge in [-0.1, -0.05) is 12.1 Å². The number of hydrogen-bond acceptors (Lipinski definition) is 5. The molecule has 0 saturated carbocycles. The molecule has 0 unspecified atom stereocenters. The largest absolute Gasteiger partial charge is 0.398 e. The number of nitro groups is 1. The van der Waals surface area contributed by atoms with Gasteiger partial charge in [-0.25, -0.2) is 0 Å². The number of Topliss-reactive ketones (excluding diaryl/α,β-unsaturated/α-hetero) is 2. The summed E-state index contributed by atoms with van der Waals surface area (Å²) in [5.74, 6) is -1.22. The average Bonchev–Trinajstić information content (AvgIpc) is 2.16. The molecular formula is C10H10N2O4. The van der Waals surface area contributed by atoms with Gasteiger partial charge in [0.25, 0.3) is 6.54 Å². The fraction of sp³-hybridized carbons (Fsp3) is 0.200. The van der Waals surface area contributed by atoms with Gasteiger partial charge in [-0.2, -0.15) is 0 Å². The molecule has 0 aliphatic rings. The van der Waals surface area contributed by atoms with E-state index in [1.54, 1.807) is 12.1 Å². The van der Waals surface area contributed by atoms with E-state index in [4.69, 9.17) is 5.73 Å². The van der Waals surface area contributed by atoms with Crippen molar-refractivity contribution in [3.8, 4) is 0 Å². The molecule has 84 valence electrons. The molecule has 0 spiro atoms. The van der Waals surface area contributed by atoms with Crippen LogP contribution in [0.15, 0.2) is 24.3 Å². The molecule has 0 aliphatic carbocycles. The van der Waals surface area contributed by atoms with Gasteiger partial charge in [-0.05, 0) is 12.1 Å². The van der Waals surface area contributed by atoms with Crippen molar-refractivity contribution in [3.63, 3.8) is 0 Å². The Morgan fingerprint density at radius 1 is 1.31 bits per heavy atom. The third-order valence-corrected chi connectivity index (χ3v) is 1.92. The predicted molar refractivity (Wildman–Crippen MR) is 56.7 cm³/mol. The molecule has 6 heteroatoms. The fourth-order valence-electron chi connectivity index (χ4n) is 1.23. The van der Waals surface area contributed by atoms with Gasteiger partial charge in [-0.15, -0.1) is 0 Å². The van der Waals surface area contributed by atoms with Crippen molar-refractivity contribution < 1.29 is 14.5 Å². The van der Waals surface area contributed by atoms with Gasteiger partial charge >= 0.3 is 0 Å². The number of carbonyl (C=O) groups is 2. The van der Waals surface area contributed by atoms with Crippen LogP contribution in [0.5, 0.6) is 0 Å². The number of benzene rings is 1. The van der Waals surface area contributed by atoms with Gasteiger partial charge in [0.15, 0.2) is 5.78 Å². The van der Waals surface area contributed by atoms with E-state index >= 15 is 0 Å². The molecule has 16 heavy (non-hydrogen) atoms. The summed E-state index contributed by atoms with van der Waals surface area (Å²) in [6.45, 7) is -0.835. The van der Waals surface area contributed by atoms with Crippen LogP contribution in [0, 0.1) is 10.1 Å². The summed E-state index contributed by atoms with van der Waals surface area (Å²) >= 11 is 0. The topological polar surface area (TPSA) is 103 Å². The second-order valence-corrected chi connectivity index (χ2v) is 3.22. The molecular weight excluding hydrogens is 212 g/mol. The zero-order chi connectivity index (χ0) is 12.1. The summed E-state index contributed by atoms with van der Waals surface area (Å²) in [6, 6.07) is 6.29. The van der Waals surface area contributed by atoms with Crippen LogP contribution in [-0.2, 0) is 4.79 Å². The second-order valence-electron chi connectivity index (χ2n) is 3.22. The first-order valence-corrected chi connectivity index (χ1v) is 4.52. The number of ketones is 2. The van der Waals surface area contributed by atoms with Crippen LogP contribution in [0.2, 0.25) is 0 Å². The Morgan fingerprint density at radius 3 is 2.50 bits per heavy atom. The maximum absolute atomic E-state index is 11.5. The van der Waals surface area contributed by atoms with E-state index in [2.05, 4.69) is 0 Å².